The lowest BCUT2D eigenvalue weighted by Gasteiger charge is -2.32. The van der Waals surface area contributed by atoms with Gasteiger partial charge in [0.15, 0.2) is 0 Å². The van der Waals surface area contributed by atoms with E-state index in [1.807, 2.05) is 11.1 Å². The number of thiazole rings is 1. The third-order valence-electron chi connectivity index (χ3n) is 8.69. The molecule has 5 rings (SSSR count). The number of carbonyl (C=O) groups is 2. The van der Waals surface area contributed by atoms with E-state index in [1.165, 1.54) is 29.4 Å². The second kappa shape index (κ2) is 13.3. The summed E-state index contributed by atoms with van der Waals surface area (Å²) in [4.78, 5) is 32.6. The van der Waals surface area contributed by atoms with Crippen LogP contribution in [0.5, 0.6) is 5.75 Å². The number of likely N-dealkylation sites (tertiary alicyclic amines) is 1. The highest BCUT2D eigenvalue weighted by atomic mass is 32.1. The zero-order chi connectivity index (χ0) is 29.8. The van der Waals surface area contributed by atoms with E-state index in [4.69, 9.17) is 14.5 Å². The first-order valence-corrected chi connectivity index (χ1v) is 16.1. The molecule has 0 spiro atoms. The Balaban J connectivity index is 1.29. The zero-order valence-electron chi connectivity index (χ0n) is 25.4. The first-order chi connectivity index (χ1) is 20.3. The van der Waals surface area contributed by atoms with Crippen molar-refractivity contribution in [2.75, 3.05) is 20.2 Å². The van der Waals surface area contributed by atoms with Gasteiger partial charge in [0.25, 0.3) is 0 Å². The Kier molecular flexibility index (Phi) is 9.51. The highest BCUT2D eigenvalue weighted by Crippen LogP contribution is 2.42. The Labute approximate surface area is 253 Å². The average molecular weight is 590 g/mol. The molecule has 2 aromatic carbocycles. The van der Waals surface area contributed by atoms with E-state index in [2.05, 4.69) is 69.4 Å². The molecule has 8 heteroatoms. The number of benzene rings is 2. The smallest absolute Gasteiger partial charge is 0.317 e. The summed E-state index contributed by atoms with van der Waals surface area (Å²) in [5.41, 5.74) is 6.05. The third-order valence-corrected chi connectivity index (χ3v) is 9.77. The van der Waals surface area contributed by atoms with E-state index in [0.29, 0.717) is 25.4 Å². The molecule has 2 atom stereocenters. The fraction of sp³-hybridized carbons (Fsp3) is 0.500. The van der Waals surface area contributed by atoms with Crippen LogP contribution in [-0.2, 0) is 16.0 Å². The average Bonchev–Trinajstić information content (AvgIpc) is 3.65. The van der Waals surface area contributed by atoms with Gasteiger partial charge in [0.05, 0.1) is 24.1 Å². The maximum atomic E-state index is 13.2. The third kappa shape index (κ3) is 6.64. The summed E-state index contributed by atoms with van der Waals surface area (Å²) in [6.07, 6.45) is 7.05. The predicted molar refractivity (Wildman–Crippen MR) is 168 cm³/mol. The molecular formula is C34H43N3O4S. The number of aromatic nitrogens is 1. The number of ether oxygens (including phenoxy) is 2. The Hall–Kier alpha value is -3.39. The zero-order valence-corrected chi connectivity index (χ0v) is 26.3. The molecule has 42 heavy (non-hydrogen) atoms. The number of piperidine rings is 1. The lowest BCUT2D eigenvalue weighted by atomic mass is 9.94. The van der Waals surface area contributed by atoms with Gasteiger partial charge in [-0.3, -0.25) is 4.79 Å². The van der Waals surface area contributed by atoms with Crippen molar-refractivity contribution in [2.45, 2.75) is 84.3 Å². The van der Waals surface area contributed by atoms with E-state index >= 15 is 0 Å². The van der Waals surface area contributed by atoms with Crippen LogP contribution in [0.3, 0.4) is 0 Å². The summed E-state index contributed by atoms with van der Waals surface area (Å²) < 4.78 is 10.9. The Morgan fingerprint density at radius 2 is 1.90 bits per heavy atom. The van der Waals surface area contributed by atoms with E-state index in [1.54, 1.807) is 11.3 Å². The van der Waals surface area contributed by atoms with Gasteiger partial charge in [-0.15, -0.1) is 11.3 Å². The number of hydrogen-bond donors (Lipinski definition) is 1. The van der Waals surface area contributed by atoms with Crippen molar-refractivity contribution in [3.63, 3.8) is 0 Å². The summed E-state index contributed by atoms with van der Waals surface area (Å²) >= 11 is 1.72. The molecule has 1 aliphatic carbocycles. The monoisotopic (exact) mass is 589 g/mol. The quantitative estimate of drug-likeness (QED) is 0.258. The molecule has 1 aliphatic heterocycles. The number of methoxy groups -OCH3 is 1. The predicted octanol–water partition coefficient (Wildman–Crippen LogP) is 7.75. The number of urea groups is 1. The van der Waals surface area contributed by atoms with Crippen LogP contribution in [0.15, 0.2) is 42.6 Å². The highest BCUT2D eigenvalue weighted by molar-refractivity contribution is 7.18. The van der Waals surface area contributed by atoms with Crippen LogP contribution in [0.2, 0.25) is 0 Å². The number of nitrogens with one attached hydrogen (secondary N) is 1. The molecule has 1 aromatic heterocycles. The molecule has 0 saturated carbocycles. The van der Waals surface area contributed by atoms with Crippen molar-refractivity contribution in [2.24, 2.45) is 5.92 Å². The maximum Gasteiger partial charge on any atom is 0.317 e. The Morgan fingerprint density at radius 1 is 1.12 bits per heavy atom. The van der Waals surface area contributed by atoms with Crippen LogP contribution in [0, 0.1) is 5.92 Å². The summed E-state index contributed by atoms with van der Waals surface area (Å²) in [7, 11) is 1.43. The topological polar surface area (TPSA) is 80.8 Å². The van der Waals surface area contributed by atoms with Crippen molar-refractivity contribution in [3.05, 3.63) is 59.3 Å². The maximum absolute atomic E-state index is 13.2. The van der Waals surface area contributed by atoms with Gasteiger partial charge in [0.1, 0.15) is 10.8 Å². The van der Waals surface area contributed by atoms with Crippen LogP contribution in [0.25, 0.3) is 21.0 Å². The van der Waals surface area contributed by atoms with Crippen molar-refractivity contribution in [1.82, 2.24) is 15.2 Å². The second-order valence-corrected chi connectivity index (χ2v) is 12.9. The molecular weight excluding hydrogens is 546 g/mol. The molecule has 2 aliphatic rings. The molecule has 0 radical (unpaired) electrons. The standard InChI is InChI=1S/C34H43N3O4S/c1-6-22(4)28-19-24(10-13-30(28)41-21(2)3)33-35-20-31(42-33)27-9-7-8-26-25(27)11-12-29(26)36-34(39)37-16-14-23(15-17-37)18-32(38)40-5/h7-10,13,19-23,29H,6,11-12,14-18H2,1-5H3,(H,36,39). The van der Waals surface area contributed by atoms with Gasteiger partial charge in [0, 0.05) is 31.3 Å². The number of hydrogen-bond acceptors (Lipinski definition) is 6. The number of carbonyl (C=O) groups excluding carboxylic acids is 2. The minimum Gasteiger partial charge on any atom is -0.491 e. The first-order valence-electron chi connectivity index (χ1n) is 15.3. The molecule has 2 heterocycles. The van der Waals surface area contributed by atoms with Crippen molar-refractivity contribution >= 4 is 23.3 Å². The summed E-state index contributed by atoms with van der Waals surface area (Å²) in [5.74, 6) is 1.47. The fourth-order valence-corrected chi connectivity index (χ4v) is 7.08. The van der Waals surface area contributed by atoms with Gasteiger partial charge in [-0.05, 0) is 98.2 Å². The lowest BCUT2D eigenvalue weighted by molar-refractivity contribution is -0.142. The lowest BCUT2D eigenvalue weighted by Crippen LogP contribution is -2.45. The normalized spacial score (nSPS) is 17.7. The molecule has 3 aromatic rings. The van der Waals surface area contributed by atoms with Crippen molar-refractivity contribution < 1.29 is 19.1 Å². The molecule has 7 nitrogen and oxygen atoms in total. The van der Waals surface area contributed by atoms with Gasteiger partial charge < -0.3 is 19.7 Å². The SMILES string of the molecule is CCC(C)c1cc(-c2ncc(-c3cccc4c3CCC4NC(=O)N3CCC(CC(=O)OC)CC3)s2)ccc1OC(C)C. The summed E-state index contributed by atoms with van der Waals surface area (Å²) in [6, 6.07) is 12.8. The molecule has 2 unspecified atom stereocenters. The van der Waals surface area contributed by atoms with Gasteiger partial charge in [0.2, 0.25) is 0 Å². The van der Waals surface area contributed by atoms with Crippen molar-refractivity contribution in [3.8, 4) is 26.8 Å². The summed E-state index contributed by atoms with van der Waals surface area (Å²) in [6.45, 7) is 9.91. The van der Waals surface area contributed by atoms with Crippen LogP contribution in [0.1, 0.15) is 88.4 Å². The molecule has 1 saturated heterocycles. The van der Waals surface area contributed by atoms with Gasteiger partial charge >= 0.3 is 12.0 Å². The fourth-order valence-electron chi connectivity index (χ4n) is 6.11. The van der Waals surface area contributed by atoms with E-state index in [0.717, 1.165) is 53.3 Å². The van der Waals surface area contributed by atoms with E-state index in [9.17, 15) is 9.59 Å². The number of nitrogens with zero attached hydrogens (tertiary/aromatic N) is 2. The van der Waals surface area contributed by atoms with Crippen LogP contribution in [0.4, 0.5) is 4.79 Å². The molecule has 1 N–H and O–H groups in total. The number of rotatable bonds is 9. The minimum absolute atomic E-state index is 0.000717. The van der Waals surface area contributed by atoms with Gasteiger partial charge in [-0.25, -0.2) is 9.78 Å². The Morgan fingerprint density at radius 3 is 2.62 bits per heavy atom. The van der Waals surface area contributed by atoms with Gasteiger partial charge in [-0.2, -0.15) is 0 Å². The van der Waals surface area contributed by atoms with E-state index in [-0.39, 0.29) is 30.1 Å². The van der Waals surface area contributed by atoms with Gasteiger partial charge in [-0.1, -0.05) is 32.0 Å². The minimum atomic E-state index is -0.172. The summed E-state index contributed by atoms with van der Waals surface area (Å²) in [5, 5.41) is 4.30. The Bertz CT molecular complexity index is 1410. The second-order valence-electron chi connectivity index (χ2n) is 11.9. The number of esters is 1. The molecule has 0 bridgehead atoms. The molecule has 2 amide bonds. The van der Waals surface area contributed by atoms with E-state index < -0.39 is 0 Å². The van der Waals surface area contributed by atoms with Crippen LogP contribution in [-0.4, -0.2) is 48.2 Å². The van der Waals surface area contributed by atoms with Crippen LogP contribution < -0.4 is 10.1 Å². The molecule has 1 fully saturated rings. The highest BCUT2D eigenvalue weighted by Gasteiger charge is 2.30. The van der Waals surface area contributed by atoms with Crippen molar-refractivity contribution in [1.29, 1.82) is 0 Å². The first kappa shape index (κ1) is 30.1. The largest absolute Gasteiger partial charge is 0.491 e. The van der Waals surface area contributed by atoms with Crippen LogP contribution >= 0.6 is 11.3 Å². The molecule has 224 valence electrons. The number of fused-ring (bicyclic) bond motifs is 1. The number of amides is 2.